The van der Waals surface area contributed by atoms with Crippen molar-refractivity contribution in [2.75, 3.05) is 5.32 Å². The van der Waals surface area contributed by atoms with Crippen LogP contribution in [0.3, 0.4) is 0 Å². The van der Waals surface area contributed by atoms with Crippen molar-refractivity contribution < 1.29 is 14.3 Å². The molecule has 25 heavy (non-hydrogen) atoms. The molecule has 122 valence electrons. The van der Waals surface area contributed by atoms with Crippen LogP contribution < -0.4 is 5.32 Å². The normalized spacial score (nSPS) is 14.6. The number of hydrogen-bond donors (Lipinski definition) is 1. The van der Waals surface area contributed by atoms with Crippen LogP contribution in [0.1, 0.15) is 23.6 Å². The van der Waals surface area contributed by atoms with Gasteiger partial charge in [0.2, 0.25) is 11.8 Å². The highest BCUT2D eigenvalue weighted by Crippen LogP contribution is 2.20. The molecule has 0 radical (unpaired) electrons. The maximum Gasteiger partial charge on any atom is 0.363 e. The van der Waals surface area contributed by atoms with Crippen LogP contribution in [0.25, 0.3) is 6.08 Å². The van der Waals surface area contributed by atoms with Crippen LogP contribution in [0.2, 0.25) is 0 Å². The lowest BCUT2D eigenvalue weighted by atomic mass is 10.1. The van der Waals surface area contributed by atoms with Crippen molar-refractivity contribution in [3.05, 3.63) is 70.9 Å². The van der Waals surface area contributed by atoms with Crippen LogP contribution in [0.5, 0.6) is 0 Å². The Balaban J connectivity index is 1.86. The standard InChI is InChI=1S/C19H13N3O3/c1-12(23)21-16-7-5-15(6-8-16)18-22-17(19(24)25-18)10-13-3-2-4-14(9-13)11-20/h2-10H,1H3,(H,21,23)/b17-10-. The van der Waals surface area contributed by atoms with E-state index in [1.54, 1.807) is 54.6 Å². The molecule has 0 aliphatic carbocycles. The molecule has 1 amide bonds. The van der Waals surface area contributed by atoms with E-state index in [0.29, 0.717) is 22.4 Å². The molecule has 1 aliphatic heterocycles. The number of nitrogens with one attached hydrogen (secondary N) is 1. The zero-order valence-electron chi connectivity index (χ0n) is 13.3. The summed E-state index contributed by atoms with van der Waals surface area (Å²) in [5.74, 6) is -0.521. The molecule has 6 heteroatoms. The second-order valence-corrected chi connectivity index (χ2v) is 5.33. The van der Waals surface area contributed by atoms with Crippen molar-refractivity contribution in [1.82, 2.24) is 0 Å². The highest BCUT2D eigenvalue weighted by Gasteiger charge is 2.24. The monoisotopic (exact) mass is 331 g/mol. The molecule has 0 aromatic heterocycles. The fraction of sp³-hybridized carbons (Fsp3) is 0.0526. The molecular weight excluding hydrogens is 318 g/mol. The average molecular weight is 331 g/mol. The highest BCUT2D eigenvalue weighted by molar-refractivity contribution is 6.13. The molecule has 0 saturated heterocycles. The number of rotatable bonds is 3. The fourth-order valence-electron chi connectivity index (χ4n) is 2.29. The van der Waals surface area contributed by atoms with Crippen LogP contribution in [0.4, 0.5) is 5.69 Å². The Labute approximate surface area is 144 Å². The summed E-state index contributed by atoms with van der Waals surface area (Å²) in [6, 6.07) is 15.7. The van der Waals surface area contributed by atoms with Crippen LogP contribution in [-0.4, -0.2) is 17.8 Å². The third kappa shape index (κ3) is 3.79. The number of hydrogen-bond acceptors (Lipinski definition) is 5. The number of aliphatic imine (C=N–C) groups is 1. The smallest absolute Gasteiger partial charge is 0.363 e. The number of amides is 1. The van der Waals surface area contributed by atoms with Crippen molar-refractivity contribution in [3.8, 4) is 6.07 Å². The van der Waals surface area contributed by atoms with Gasteiger partial charge in [-0.2, -0.15) is 5.26 Å². The van der Waals surface area contributed by atoms with Crippen molar-refractivity contribution in [3.63, 3.8) is 0 Å². The van der Waals surface area contributed by atoms with Crippen molar-refractivity contribution in [2.45, 2.75) is 6.92 Å². The van der Waals surface area contributed by atoms with Gasteiger partial charge in [0.25, 0.3) is 0 Å². The summed E-state index contributed by atoms with van der Waals surface area (Å²) in [6.07, 6.45) is 1.57. The maximum absolute atomic E-state index is 12.0. The minimum Gasteiger partial charge on any atom is -0.402 e. The summed E-state index contributed by atoms with van der Waals surface area (Å²) in [5, 5.41) is 11.6. The first-order valence-electron chi connectivity index (χ1n) is 7.46. The zero-order chi connectivity index (χ0) is 17.8. The van der Waals surface area contributed by atoms with Gasteiger partial charge in [-0.15, -0.1) is 0 Å². The third-order valence-corrected chi connectivity index (χ3v) is 3.39. The van der Waals surface area contributed by atoms with Crippen LogP contribution in [0.15, 0.2) is 59.2 Å². The number of esters is 1. The molecule has 0 unspecified atom stereocenters. The van der Waals surface area contributed by atoms with E-state index in [1.165, 1.54) is 6.92 Å². The molecule has 0 fully saturated rings. The lowest BCUT2D eigenvalue weighted by Crippen LogP contribution is -2.07. The Morgan fingerprint density at radius 1 is 1.24 bits per heavy atom. The summed E-state index contributed by atoms with van der Waals surface area (Å²) >= 11 is 0. The van der Waals surface area contributed by atoms with E-state index in [9.17, 15) is 9.59 Å². The molecule has 0 atom stereocenters. The molecule has 6 nitrogen and oxygen atoms in total. The van der Waals surface area contributed by atoms with Gasteiger partial charge in [-0.05, 0) is 48.0 Å². The first kappa shape index (κ1) is 16.1. The quantitative estimate of drug-likeness (QED) is 0.691. The summed E-state index contributed by atoms with van der Waals surface area (Å²) in [4.78, 5) is 27.2. The molecule has 3 rings (SSSR count). The lowest BCUT2D eigenvalue weighted by molar-refractivity contribution is -0.129. The van der Waals surface area contributed by atoms with E-state index in [1.807, 2.05) is 6.07 Å². The number of carbonyl (C=O) groups excluding carboxylic acids is 2. The average Bonchev–Trinajstić information content (AvgIpc) is 2.96. The van der Waals surface area contributed by atoms with Gasteiger partial charge in [-0.3, -0.25) is 4.79 Å². The van der Waals surface area contributed by atoms with Gasteiger partial charge < -0.3 is 10.1 Å². The van der Waals surface area contributed by atoms with E-state index >= 15 is 0 Å². The van der Waals surface area contributed by atoms with E-state index in [4.69, 9.17) is 10.00 Å². The summed E-state index contributed by atoms with van der Waals surface area (Å²) in [7, 11) is 0. The van der Waals surface area contributed by atoms with Crippen molar-refractivity contribution in [1.29, 1.82) is 5.26 Å². The summed E-state index contributed by atoms with van der Waals surface area (Å²) in [6.45, 7) is 1.43. The first-order valence-corrected chi connectivity index (χ1v) is 7.46. The van der Waals surface area contributed by atoms with Gasteiger partial charge >= 0.3 is 5.97 Å². The predicted octanol–water partition coefficient (Wildman–Crippen LogP) is 2.86. The fourth-order valence-corrected chi connectivity index (χ4v) is 2.29. The number of nitrogens with zero attached hydrogens (tertiary/aromatic N) is 2. The van der Waals surface area contributed by atoms with E-state index in [-0.39, 0.29) is 17.5 Å². The number of benzene rings is 2. The largest absolute Gasteiger partial charge is 0.402 e. The Morgan fingerprint density at radius 3 is 2.68 bits per heavy atom. The second kappa shape index (κ2) is 6.81. The van der Waals surface area contributed by atoms with Crippen molar-refractivity contribution >= 4 is 29.5 Å². The number of nitriles is 1. The highest BCUT2D eigenvalue weighted by atomic mass is 16.6. The lowest BCUT2D eigenvalue weighted by Gasteiger charge is -2.03. The van der Waals surface area contributed by atoms with Crippen LogP contribution in [-0.2, 0) is 14.3 Å². The zero-order valence-corrected chi connectivity index (χ0v) is 13.3. The van der Waals surface area contributed by atoms with Crippen LogP contribution in [0, 0.1) is 11.3 Å². The number of carbonyl (C=O) groups is 2. The van der Waals surface area contributed by atoms with Gasteiger partial charge in [-0.25, -0.2) is 9.79 Å². The van der Waals surface area contributed by atoms with Gasteiger partial charge in [-0.1, -0.05) is 12.1 Å². The molecule has 0 spiro atoms. The van der Waals surface area contributed by atoms with Gasteiger partial charge in [0.15, 0.2) is 5.70 Å². The molecule has 1 N–H and O–H groups in total. The van der Waals surface area contributed by atoms with Crippen LogP contribution >= 0.6 is 0 Å². The third-order valence-electron chi connectivity index (χ3n) is 3.39. The van der Waals surface area contributed by atoms with Gasteiger partial charge in [0, 0.05) is 18.2 Å². The molecule has 1 aliphatic rings. The number of ether oxygens (including phenoxy) is 1. The summed E-state index contributed by atoms with van der Waals surface area (Å²) < 4.78 is 5.20. The maximum atomic E-state index is 12.0. The number of anilines is 1. The Kier molecular flexibility index (Phi) is 4.40. The molecule has 0 saturated carbocycles. The van der Waals surface area contributed by atoms with E-state index < -0.39 is 5.97 Å². The SMILES string of the molecule is CC(=O)Nc1ccc(C2=N/C(=C\c3cccc(C#N)c3)C(=O)O2)cc1. The Hall–Kier alpha value is -3.72. The molecular formula is C19H13N3O3. The van der Waals surface area contributed by atoms with Gasteiger partial charge in [0.05, 0.1) is 11.6 Å². The number of cyclic esters (lactones) is 1. The minimum atomic E-state index is -0.553. The molecule has 2 aromatic carbocycles. The Morgan fingerprint density at radius 2 is 2.00 bits per heavy atom. The molecule has 0 bridgehead atoms. The predicted molar refractivity (Wildman–Crippen MR) is 92.5 cm³/mol. The molecule has 2 aromatic rings. The Bertz CT molecular complexity index is 951. The van der Waals surface area contributed by atoms with Gasteiger partial charge in [0.1, 0.15) is 0 Å². The molecule has 1 heterocycles. The minimum absolute atomic E-state index is 0.163. The van der Waals surface area contributed by atoms with E-state index in [2.05, 4.69) is 10.3 Å². The first-order chi connectivity index (χ1) is 12.0. The second-order valence-electron chi connectivity index (χ2n) is 5.33. The summed E-state index contributed by atoms with van der Waals surface area (Å²) in [5.41, 5.74) is 2.62. The van der Waals surface area contributed by atoms with E-state index in [0.717, 1.165) is 0 Å². The van der Waals surface area contributed by atoms with Crippen molar-refractivity contribution in [2.24, 2.45) is 4.99 Å². The topological polar surface area (TPSA) is 91.5 Å².